The normalized spacial score (nSPS) is 21.0. The molecule has 2 aromatic rings. The lowest BCUT2D eigenvalue weighted by Crippen LogP contribution is -2.44. The quantitative estimate of drug-likeness (QED) is 0.751. The van der Waals surface area contributed by atoms with Gasteiger partial charge in [0.25, 0.3) is 0 Å². The number of nitrogens with zero attached hydrogens (tertiary/aromatic N) is 3. The molecule has 2 aliphatic rings. The first-order valence-electron chi connectivity index (χ1n) is 9.75. The van der Waals surface area contributed by atoms with Crippen molar-refractivity contribution in [3.63, 3.8) is 0 Å². The maximum absolute atomic E-state index is 13.0. The molecule has 1 saturated heterocycles. The first-order chi connectivity index (χ1) is 13.7. The fourth-order valence-corrected chi connectivity index (χ4v) is 5.44. The first kappa shape index (κ1) is 19.8. The highest BCUT2D eigenvalue weighted by Gasteiger charge is 2.57. The molecule has 2 N–H and O–H groups in total. The second-order valence-corrected chi connectivity index (χ2v) is 10.4. The van der Waals surface area contributed by atoms with E-state index in [1.807, 2.05) is 18.2 Å². The lowest BCUT2D eigenvalue weighted by Gasteiger charge is -2.34. The van der Waals surface area contributed by atoms with Gasteiger partial charge >= 0.3 is 0 Å². The second-order valence-electron chi connectivity index (χ2n) is 7.87. The number of rotatable bonds is 5. The predicted octanol–water partition coefficient (Wildman–Crippen LogP) is 2.89. The molecular formula is C21H26N4O3S. The van der Waals surface area contributed by atoms with Gasteiger partial charge in [0, 0.05) is 28.8 Å². The number of allylic oxidation sites excluding steroid dienone is 1. The summed E-state index contributed by atoms with van der Waals surface area (Å²) >= 11 is 0. The number of benzene rings is 1. The molecule has 0 amide bonds. The van der Waals surface area contributed by atoms with Crippen molar-refractivity contribution in [1.82, 2.24) is 9.97 Å². The molecule has 1 aromatic heterocycles. The standard InChI is InChI=1S/C21H26N4O3S/c1-14(2)29(26,27)21(8-9-21)18-12-19(25-10-11-28-13-15(25)3)24-20(23-18)16-4-6-17(22)7-5-16/h4-7,12,15H,1,8-11,13,22H2,2-3H3/t15-/m0/s1. The Hall–Kier alpha value is -2.45. The molecule has 0 radical (unpaired) electrons. The largest absolute Gasteiger partial charge is 0.399 e. The molecule has 2 fully saturated rings. The SMILES string of the molecule is C=C(C)S(=O)(=O)C1(c2cc(N3CCOC[C@@H]3C)nc(-c3ccc(N)cc3)n2)CC1. The molecule has 154 valence electrons. The summed E-state index contributed by atoms with van der Waals surface area (Å²) in [7, 11) is -3.53. The molecular weight excluding hydrogens is 388 g/mol. The van der Waals surface area contributed by atoms with Crippen molar-refractivity contribution in [2.45, 2.75) is 37.5 Å². The Kier molecular flexibility index (Phi) is 4.86. The number of hydrogen-bond acceptors (Lipinski definition) is 7. The second kappa shape index (κ2) is 7.11. The van der Waals surface area contributed by atoms with Crippen LogP contribution in [0.1, 0.15) is 32.4 Å². The molecule has 0 spiro atoms. The highest BCUT2D eigenvalue weighted by Crippen LogP contribution is 2.54. The summed E-state index contributed by atoms with van der Waals surface area (Å²) in [4.78, 5) is 11.8. The molecule has 0 bridgehead atoms. The van der Waals surface area contributed by atoms with E-state index in [1.54, 1.807) is 19.1 Å². The fourth-order valence-electron chi connectivity index (χ4n) is 3.75. The molecule has 8 heteroatoms. The number of nitrogens with two attached hydrogens (primary N) is 1. The maximum Gasteiger partial charge on any atom is 0.185 e. The van der Waals surface area contributed by atoms with Crippen LogP contribution in [0.2, 0.25) is 0 Å². The summed E-state index contributed by atoms with van der Waals surface area (Å²) in [6.07, 6.45) is 1.08. The van der Waals surface area contributed by atoms with Crippen LogP contribution in [0.25, 0.3) is 11.4 Å². The van der Waals surface area contributed by atoms with Crippen LogP contribution in [-0.4, -0.2) is 44.2 Å². The van der Waals surface area contributed by atoms with E-state index in [0.29, 0.717) is 49.8 Å². The molecule has 2 heterocycles. The van der Waals surface area contributed by atoms with E-state index in [-0.39, 0.29) is 10.9 Å². The van der Waals surface area contributed by atoms with Crippen molar-refractivity contribution < 1.29 is 13.2 Å². The molecule has 1 aromatic carbocycles. The van der Waals surface area contributed by atoms with Gasteiger partial charge < -0.3 is 15.4 Å². The van der Waals surface area contributed by atoms with Crippen LogP contribution in [0.15, 0.2) is 41.8 Å². The fraction of sp³-hybridized carbons (Fsp3) is 0.429. The van der Waals surface area contributed by atoms with Crippen molar-refractivity contribution in [2.24, 2.45) is 0 Å². The van der Waals surface area contributed by atoms with Crippen molar-refractivity contribution >= 4 is 21.3 Å². The Labute approximate surface area is 171 Å². The van der Waals surface area contributed by atoms with Gasteiger partial charge in [0.1, 0.15) is 10.6 Å². The van der Waals surface area contributed by atoms with Gasteiger partial charge in [0.05, 0.1) is 24.9 Å². The summed E-state index contributed by atoms with van der Waals surface area (Å²) < 4.78 is 30.6. The van der Waals surface area contributed by atoms with Crippen LogP contribution in [-0.2, 0) is 19.3 Å². The molecule has 4 rings (SSSR count). The number of morpholine rings is 1. The highest BCUT2D eigenvalue weighted by molar-refractivity contribution is 7.96. The van der Waals surface area contributed by atoms with Crippen LogP contribution < -0.4 is 10.6 Å². The zero-order valence-corrected chi connectivity index (χ0v) is 17.6. The summed E-state index contributed by atoms with van der Waals surface area (Å²) in [6.45, 7) is 9.22. The van der Waals surface area contributed by atoms with Crippen molar-refractivity contribution in [2.75, 3.05) is 30.4 Å². The number of anilines is 2. The minimum atomic E-state index is -3.53. The maximum atomic E-state index is 13.0. The Morgan fingerprint density at radius 2 is 1.97 bits per heavy atom. The first-order valence-corrected chi connectivity index (χ1v) is 11.2. The molecule has 1 atom stereocenters. The topological polar surface area (TPSA) is 98.4 Å². The van der Waals surface area contributed by atoms with Gasteiger partial charge in [0.2, 0.25) is 0 Å². The molecule has 1 aliphatic carbocycles. The van der Waals surface area contributed by atoms with E-state index in [0.717, 1.165) is 11.4 Å². The van der Waals surface area contributed by atoms with Crippen LogP contribution in [0.4, 0.5) is 11.5 Å². The van der Waals surface area contributed by atoms with E-state index in [9.17, 15) is 8.42 Å². The Bertz CT molecular complexity index is 1050. The van der Waals surface area contributed by atoms with Gasteiger partial charge in [-0.15, -0.1) is 0 Å². The summed E-state index contributed by atoms with van der Waals surface area (Å²) in [6, 6.07) is 9.26. The van der Waals surface area contributed by atoms with Crippen LogP contribution in [0.5, 0.6) is 0 Å². The summed E-state index contributed by atoms with van der Waals surface area (Å²) in [5, 5.41) is 0. The van der Waals surface area contributed by atoms with E-state index in [4.69, 9.17) is 20.4 Å². The minimum absolute atomic E-state index is 0.138. The number of ether oxygens (including phenoxy) is 1. The van der Waals surface area contributed by atoms with Gasteiger partial charge in [-0.3, -0.25) is 0 Å². The van der Waals surface area contributed by atoms with Gasteiger partial charge in [-0.1, -0.05) is 6.58 Å². The van der Waals surface area contributed by atoms with Crippen LogP contribution >= 0.6 is 0 Å². The molecule has 0 unspecified atom stereocenters. The van der Waals surface area contributed by atoms with Gasteiger partial charge in [-0.25, -0.2) is 18.4 Å². The van der Waals surface area contributed by atoms with E-state index < -0.39 is 14.6 Å². The third-order valence-electron chi connectivity index (χ3n) is 5.69. The van der Waals surface area contributed by atoms with Crippen LogP contribution in [0.3, 0.4) is 0 Å². The predicted molar refractivity (Wildman–Crippen MR) is 114 cm³/mol. The van der Waals surface area contributed by atoms with E-state index in [1.165, 1.54) is 0 Å². The number of nitrogen functional groups attached to an aromatic ring is 1. The molecule has 29 heavy (non-hydrogen) atoms. The summed E-state index contributed by atoms with van der Waals surface area (Å²) in [5.74, 6) is 1.22. The number of hydrogen-bond donors (Lipinski definition) is 1. The monoisotopic (exact) mass is 414 g/mol. The van der Waals surface area contributed by atoms with Crippen LogP contribution in [0, 0.1) is 0 Å². The molecule has 1 saturated carbocycles. The Morgan fingerprint density at radius 3 is 2.55 bits per heavy atom. The van der Waals surface area contributed by atoms with E-state index >= 15 is 0 Å². The third-order valence-corrected chi connectivity index (χ3v) is 8.25. The average Bonchev–Trinajstić information content (AvgIpc) is 3.51. The molecule has 7 nitrogen and oxygen atoms in total. The molecule has 1 aliphatic heterocycles. The third kappa shape index (κ3) is 3.40. The highest BCUT2D eigenvalue weighted by atomic mass is 32.2. The zero-order valence-electron chi connectivity index (χ0n) is 16.8. The lowest BCUT2D eigenvalue weighted by atomic mass is 10.1. The van der Waals surface area contributed by atoms with Crippen molar-refractivity contribution in [3.05, 3.63) is 47.5 Å². The Morgan fingerprint density at radius 1 is 1.28 bits per heavy atom. The van der Waals surface area contributed by atoms with E-state index in [2.05, 4.69) is 18.4 Å². The van der Waals surface area contributed by atoms with Crippen molar-refractivity contribution in [1.29, 1.82) is 0 Å². The zero-order chi connectivity index (χ0) is 20.8. The van der Waals surface area contributed by atoms with Gasteiger partial charge in [-0.05, 0) is 51.0 Å². The lowest BCUT2D eigenvalue weighted by molar-refractivity contribution is 0.0985. The van der Waals surface area contributed by atoms with Gasteiger partial charge in [-0.2, -0.15) is 0 Å². The smallest absolute Gasteiger partial charge is 0.185 e. The average molecular weight is 415 g/mol. The number of aromatic nitrogens is 2. The van der Waals surface area contributed by atoms with Crippen molar-refractivity contribution in [3.8, 4) is 11.4 Å². The number of sulfone groups is 1. The summed E-state index contributed by atoms with van der Waals surface area (Å²) in [5.41, 5.74) is 7.80. The minimum Gasteiger partial charge on any atom is -0.399 e. The van der Waals surface area contributed by atoms with Gasteiger partial charge in [0.15, 0.2) is 15.7 Å². The Balaban J connectivity index is 1.87.